The second-order valence-corrected chi connectivity index (χ2v) is 8.10. The van der Waals surface area contributed by atoms with Crippen molar-refractivity contribution in [3.63, 3.8) is 0 Å². The second-order valence-electron chi connectivity index (χ2n) is 8.10. The summed E-state index contributed by atoms with van der Waals surface area (Å²) >= 11 is 0. The number of aryl methyl sites for hydroxylation is 1. The summed E-state index contributed by atoms with van der Waals surface area (Å²) in [6.07, 6.45) is 0. The first-order valence-corrected chi connectivity index (χ1v) is 10.4. The predicted octanol–water partition coefficient (Wildman–Crippen LogP) is 4.14. The highest BCUT2D eigenvalue weighted by molar-refractivity contribution is 6.05. The topological polar surface area (TPSA) is 83.4 Å². The van der Waals surface area contributed by atoms with Crippen LogP contribution in [0, 0.1) is 19.7 Å². The van der Waals surface area contributed by atoms with Crippen molar-refractivity contribution in [2.45, 2.75) is 40.2 Å². The summed E-state index contributed by atoms with van der Waals surface area (Å²) in [5, 5.41) is 2.91. The molecule has 2 aromatic heterocycles. The van der Waals surface area contributed by atoms with E-state index in [0.29, 0.717) is 22.7 Å². The molecule has 164 valence electrons. The molecule has 0 unspecified atom stereocenters. The maximum absolute atomic E-state index is 13.4. The summed E-state index contributed by atoms with van der Waals surface area (Å²) in [5.74, 6) is -0.0517. The number of aromatic nitrogens is 4. The van der Waals surface area contributed by atoms with E-state index in [2.05, 4.69) is 28.9 Å². The Bertz CT molecular complexity index is 1340. The van der Waals surface area contributed by atoms with Crippen molar-refractivity contribution < 1.29 is 9.18 Å². The van der Waals surface area contributed by atoms with Gasteiger partial charge in [-0.1, -0.05) is 38.1 Å². The zero-order valence-corrected chi connectivity index (χ0v) is 18.4. The Morgan fingerprint density at radius 1 is 1.06 bits per heavy atom. The maximum Gasteiger partial charge on any atom is 0.277 e. The number of rotatable bonds is 5. The van der Waals surface area contributed by atoms with Crippen LogP contribution in [0.2, 0.25) is 0 Å². The highest BCUT2D eigenvalue weighted by Gasteiger charge is 2.23. The summed E-state index contributed by atoms with van der Waals surface area (Å²) in [6, 6.07) is 13.3. The minimum absolute atomic E-state index is 0.181. The van der Waals surface area contributed by atoms with Crippen LogP contribution in [0.1, 0.15) is 52.5 Å². The molecule has 0 atom stereocenters. The van der Waals surface area contributed by atoms with Crippen LogP contribution in [0.4, 0.5) is 10.3 Å². The molecule has 0 bridgehead atoms. The number of benzene rings is 2. The SMILES string of the molecule is Cc1nc2nc(N(Cc3ccc(C(C)C)cc3)C(=O)c3ccc(F)cc3)[nH]n2c(=O)c1C. The minimum Gasteiger partial charge on any atom is -0.272 e. The molecule has 0 aliphatic heterocycles. The molecule has 0 spiro atoms. The van der Waals surface area contributed by atoms with Gasteiger partial charge in [-0.25, -0.2) is 9.37 Å². The van der Waals surface area contributed by atoms with Crippen LogP contribution >= 0.6 is 0 Å². The number of carbonyl (C=O) groups is 1. The molecule has 0 aliphatic carbocycles. The lowest BCUT2D eigenvalue weighted by Crippen LogP contribution is -2.31. The first-order chi connectivity index (χ1) is 15.2. The maximum atomic E-state index is 13.4. The smallest absolute Gasteiger partial charge is 0.272 e. The predicted molar refractivity (Wildman–Crippen MR) is 121 cm³/mol. The van der Waals surface area contributed by atoms with Gasteiger partial charge in [0, 0.05) is 16.8 Å². The van der Waals surface area contributed by atoms with Crippen molar-refractivity contribution in [2.24, 2.45) is 0 Å². The highest BCUT2D eigenvalue weighted by atomic mass is 19.1. The summed E-state index contributed by atoms with van der Waals surface area (Å²) in [4.78, 5) is 36.2. The highest BCUT2D eigenvalue weighted by Crippen LogP contribution is 2.20. The number of amides is 1. The van der Waals surface area contributed by atoms with E-state index in [4.69, 9.17) is 0 Å². The van der Waals surface area contributed by atoms with Gasteiger partial charge in [0.05, 0.1) is 6.54 Å². The number of halogens is 1. The Kier molecular flexibility index (Phi) is 5.61. The lowest BCUT2D eigenvalue weighted by Gasteiger charge is -2.20. The van der Waals surface area contributed by atoms with Gasteiger partial charge in [0.1, 0.15) is 5.82 Å². The molecule has 1 amide bonds. The van der Waals surface area contributed by atoms with E-state index in [1.54, 1.807) is 13.8 Å². The van der Waals surface area contributed by atoms with Gasteiger partial charge in [0.2, 0.25) is 5.95 Å². The fraction of sp³-hybridized carbons (Fsp3) is 0.250. The van der Waals surface area contributed by atoms with E-state index in [1.807, 2.05) is 24.3 Å². The third-order valence-electron chi connectivity index (χ3n) is 5.53. The number of hydrogen-bond acceptors (Lipinski definition) is 4. The Morgan fingerprint density at radius 3 is 2.34 bits per heavy atom. The van der Waals surface area contributed by atoms with Gasteiger partial charge >= 0.3 is 0 Å². The van der Waals surface area contributed by atoms with Crippen LogP contribution in [0.25, 0.3) is 5.78 Å². The Balaban J connectivity index is 1.79. The third-order valence-corrected chi connectivity index (χ3v) is 5.53. The van der Waals surface area contributed by atoms with Gasteiger partial charge in [-0.3, -0.25) is 19.6 Å². The van der Waals surface area contributed by atoms with E-state index in [9.17, 15) is 14.0 Å². The normalized spacial score (nSPS) is 11.3. The first-order valence-electron chi connectivity index (χ1n) is 10.4. The second kappa shape index (κ2) is 8.37. The molecule has 8 heteroatoms. The monoisotopic (exact) mass is 433 g/mol. The van der Waals surface area contributed by atoms with Crippen molar-refractivity contribution in [1.29, 1.82) is 0 Å². The van der Waals surface area contributed by atoms with Gasteiger partial charge in [-0.05, 0) is 55.2 Å². The molecular formula is C24H24FN5O2. The standard InChI is InChI=1S/C24H24FN5O2/c1-14(2)18-7-5-17(6-8-18)13-29(22(32)19-9-11-20(25)12-10-19)24-27-23-26-16(4)15(3)21(31)30(23)28-24/h5-12,14H,13H2,1-4H3,(H,26,27,28). The fourth-order valence-electron chi connectivity index (χ4n) is 3.40. The number of nitrogens with zero attached hydrogens (tertiary/aromatic N) is 4. The summed E-state index contributed by atoms with van der Waals surface area (Å²) in [5.41, 5.74) is 3.18. The van der Waals surface area contributed by atoms with Crippen LogP contribution in [0.5, 0.6) is 0 Å². The molecule has 4 rings (SSSR count). The summed E-state index contributed by atoms with van der Waals surface area (Å²) in [6.45, 7) is 7.87. The lowest BCUT2D eigenvalue weighted by molar-refractivity contribution is 0.0983. The Hall–Kier alpha value is -3.81. The lowest BCUT2D eigenvalue weighted by atomic mass is 10.0. The minimum atomic E-state index is -0.428. The third kappa shape index (κ3) is 4.03. The molecule has 7 nitrogen and oxygen atoms in total. The van der Waals surface area contributed by atoms with Gasteiger partial charge < -0.3 is 0 Å². The first kappa shape index (κ1) is 21.4. The quantitative estimate of drug-likeness (QED) is 0.513. The van der Waals surface area contributed by atoms with Gasteiger partial charge in [-0.15, -0.1) is 0 Å². The number of H-pyrrole nitrogens is 1. The largest absolute Gasteiger partial charge is 0.277 e. The fourth-order valence-corrected chi connectivity index (χ4v) is 3.40. The van der Waals surface area contributed by atoms with Crippen LogP contribution in [-0.2, 0) is 6.54 Å². The number of carbonyl (C=O) groups excluding carboxylic acids is 1. The average Bonchev–Trinajstić information content (AvgIpc) is 3.20. The van der Waals surface area contributed by atoms with Crippen LogP contribution in [0.3, 0.4) is 0 Å². The number of aromatic amines is 1. The summed E-state index contributed by atoms with van der Waals surface area (Å²) < 4.78 is 14.6. The number of hydrogen-bond donors (Lipinski definition) is 1. The summed E-state index contributed by atoms with van der Waals surface area (Å²) in [7, 11) is 0. The van der Waals surface area contributed by atoms with Gasteiger partial charge in [-0.2, -0.15) is 9.50 Å². The number of nitrogens with one attached hydrogen (secondary N) is 1. The van der Waals surface area contributed by atoms with Gasteiger partial charge in [0.15, 0.2) is 0 Å². The van der Waals surface area contributed by atoms with Crippen LogP contribution < -0.4 is 10.5 Å². The zero-order valence-electron chi connectivity index (χ0n) is 18.4. The van der Waals surface area contributed by atoms with Gasteiger partial charge in [0.25, 0.3) is 17.2 Å². The zero-order chi connectivity index (χ0) is 23.0. The van der Waals surface area contributed by atoms with E-state index >= 15 is 0 Å². The van der Waals surface area contributed by atoms with Crippen molar-refractivity contribution in [2.75, 3.05) is 4.90 Å². The number of fused-ring (bicyclic) bond motifs is 1. The Morgan fingerprint density at radius 2 is 1.72 bits per heavy atom. The molecule has 0 saturated carbocycles. The molecule has 0 fully saturated rings. The van der Waals surface area contributed by atoms with Crippen molar-refractivity contribution >= 4 is 17.6 Å². The van der Waals surface area contributed by atoms with E-state index in [1.165, 1.54) is 39.2 Å². The van der Waals surface area contributed by atoms with E-state index in [0.717, 1.165) is 5.56 Å². The molecule has 4 aromatic rings. The number of anilines is 1. The molecule has 0 saturated heterocycles. The van der Waals surface area contributed by atoms with Crippen molar-refractivity contribution in [1.82, 2.24) is 19.6 Å². The van der Waals surface area contributed by atoms with Crippen LogP contribution in [0.15, 0.2) is 53.3 Å². The molecule has 0 aliphatic rings. The molecule has 1 N–H and O–H groups in total. The Labute approximate surface area is 184 Å². The van der Waals surface area contributed by atoms with Crippen LogP contribution in [-0.4, -0.2) is 25.5 Å². The average molecular weight is 433 g/mol. The molecule has 0 radical (unpaired) electrons. The molecular weight excluding hydrogens is 409 g/mol. The van der Waals surface area contributed by atoms with E-state index in [-0.39, 0.29) is 29.7 Å². The molecule has 32 heavy (non-hydrogen) atoms. The molecule has 2 heterocycles. The van der Waals surface area contributed by atoms with Crippen molar-refractivity contribution in [3.05, 3.63) is 92.6 Å². The van der Waals surface area contributed by atoms with E-state index < -0.39 is 5.82 Å². The van der Waals surface area contributed by atoms with Crippen molar-refractivity contribution in [3.8, 4) is 0 Å². The molecule has 2 aromatic carbocycles.